The maximum atomic E-state index is 13.2. The summed E-state index contributed by atoms with van der Waals surface area (Å²) in [6, 6.07) is 27.5. The van der Waals surface area contributed by atoms with Crippen LogP contribution in [0.2, 0.25) is 0 Å². The molecule has 3 aromatic rings. The minimum Gasteiger partial charge on any atom is -0.477 e. The normalized spacial score (nSPS) is 21.2. The van der Waals surface area contributed by atoms with Crippen molar-refractivity contribution in [1.29, 1.82) is 0 Å². The van der Waals surface area contributed by atoms with Crippen molar-refractivity contribution in [2.75, 3.05) is 49.4 Å². The molecule has 12 atom stereocenters. The number of esters is 6. The lowest BCUT2D eigenvalue weighted by atomic mass is 9.85. The summed E-state index contributed by atoms with van der Waals surface area (Å²) >= 11 is 28.1. The number of nitrogens with zero attached hydrogens (tertiary/aromatic N) is 4. The third-order valence-corrected chi connectivity index (χ3v) is 26.5. The van der Waals surface area contributed by atoms with Crippen LogP contribution < -0.4 is 5.73 Å². The maximum absolute atomic E-state index is 13.2. The molecule has 4 unspecified atom stereocenters. The number of rotatable bonds is 24. The van der Waals surface area contributed by atoms with Gasteiger partial charge in [0.15, 0.2) is 0 Å². The highest BCUT2D eigenvalue weighted by Crippen LogP contribution is 2.50. The highest BCUT2D eigenvalue weighted by molar-refractivity contribution is 8.01. The summed E-state index contributed by atoms with van der Waals surface area (Å²) in [6.45, 7) is 31.2. The average molecular weight is 1950 g/mol. The highest BCUT2D eigenvalue weighted by Gasteiger charge is 2.58. The summed E-state index contributed by atoms with van der Waals surface area (Å²) in [5, 5.41) is 26.9. The fourth-order valence-electron chi connectivity index (χ4n) is 13.7. The molecule has 3 aromatic carbocycles. The van der Waals surface area contributed by atoms with Gasteiger partial charge in [0.1, 0.15) is 93.8 Å². The number of nitrogens with two attached hydrogens (primary N) is 1. The van der Waals surface area contributed by atoms with E-state index in [1.807, 2.05) is 146 Å². The molecule has 0 bridgehead atoms. The van der Waals surface area contributed by atoms with Crippen molar-refractivity contribution in [2.45, 2.75) is 228 Å². The van der Waals surface area contributed by atoms with Gasteiger partial charge in [0.25, 0.3) is 0 Å². The number of carbonyl (C=O) groups excluding carboxylic acids is 14. The SMILES string of the molecule is CC(=O)OC(C)(C)C.CC(=O)OC(C)(C)C.CC(=O)OCC1=C(C(=O)O)N2C(=O)[C@@H](CC(=O)C(C)c3ccccc3)[C@H]2SC1.CC(=O)OCC1=C(C(=O)O)N2C(=O)[C@@H](N)[C@H]2SC1.CC(C(=O)C[C@@H]1C(=O)N2C(C(=O)OC(C)(C)C)=C(CO)CS[C@H]12)c1ccccc1.CC(C(=O)C[C@@H]1C(=O)N2C(C(=O)OC(C)(C)C)=C(COC(=O)OC(Cl)C(Cl)(Cl)Cl)CS[C@H]12)c1ccccc1. The van der Waals surface area contributed by atoms with E-state index < -0.39 is 104 Å². The van der Waals surface area contributed by atoms with Crippen LogP contribution in [0.25, 0.3) is 0 Å². The number of amides is 4. The average Bonchev–Trinajstić information content (AvgIpc) is 0.735. The van der Waals surface area contributed by atoms with Gasteiger partial charge in [0.05, 0.1) is 40.5 Å². The van der Waals surface area contributed by atoms with Crippen LogP contribution in [0.4, 0.5) is 4.79 Å². The molecule has 0 aliphatic carbocycles. The Morgan fingerprint density at radius 3 is 0.953 bits per heavy atom. The molecule has 0 saturated carbocycles. The van der Waals surface area contributed by atoms with Gasteiger partial charge in [-0.3, -0.25) is 72.3 Å². The molecule has 4 amide bonds. The van der Waals surface area contributed by atoms with Crippen molar-refractivity contribution in [1.82, 2.24) is 19.6 Å². The van der Waals surface area contributed by atoms with Gasteiger partial charge < -0.3 is 58.9 Å². The maximum Gasteiger partial charge on any atom is 0.510 e. The van der Waals surface area contributed by atoms with E-state index in [0.29, 0.717) is 39.6 Å². The standard InChI is InChI=1S/C25H27Cl4NO7S.C22H27NO5S.C20H21NO6S.C10H12N2O5S.2C6H12O2/c1-13(14-8-6-5-7-9-14)17(31)10-16-19(32)30-18(21(33)37-24(2,3)4)15(12-38-20(16)30)11-35-23(34)36-22(26)25(27,28)29;1-13(14-8-6-5-7-9-14)17(25)10-16-19(26)23-18(21(27)28-22(2,3)4)15(11-24)12-29-20(16)23;1-11(13-6-4-3-5-7-13)16(23)8-15-18(24)21-17(20(25)26)14(9-27-12(2)22)10-28-19(15)21;1-4(13)17-2-5-3-18-9-6(11)8(14)12(9)7(5)10(15)16;2*1-5(7)8-6(2,3)4/h5-9,13,16,20,22H,10-12H2,1-4H3;5-9,13,16,20,24H,10-12H2,1-4H3;3-7,11,15,19H,8-10H2,1-2H3,(H,25,26);6,9H,2-3,11H2,1H3,(H,15,16);2*1-4H3/t13?,16-,20-,22?;13?,16-,20-;11?,15-,19-;6-,9-;;/m1111../s1. The zero-order chi connectivity index (χ0) is 97.2. The van der Waals surface area contributed by atoms with E-state index in [9.17, 15) is 86.9 Å². The number of aliphatic hydroxyl groups is 1. The van der Waals surface area contributed by atoms with Crippen molar-refractivity contribution in [3.63, 3.8) is 0 Å². The van der Waals surface area contributed by atoms with E-state index >= 15 is 0 Å². The van der Waals surface area contributed by atoms with E-state index in [2.05, 4.69) is 0 Å². The van der Waals surface area contributed by atoms with Gasteiger partial charge in [0.2, 0.25) is 33.0 Å². The number of alkyl halides is 4. The lowest BCUT2D eigenvalue weighted by Gasteiger charge is -2.50. The predicted octanol–water partition coefficient (Wildman–Crippen LogP) is 12.8. The first-order valence-electron chi connectivity index (χ1n) is 40.7. The number of carboxylic acids is 2. The third-order valence-electron chi connectivity index (χ3n) is 19.6. The Balaban J connectivity index is 0.000000255. The van der Waals surface area contributed by atoms with Crippen molar-refractivity contribution in [3.8, 4) is 0 Å². The summed E-state index contributed by atoms with van der Waals surface area (Å²) in [5.74, 6) is -7.98. The first-order valence-corrected chi connectivity index (χ1v) is 46.5. The molecular formula is C89H111Cl4N5O27S4. The molecule has 4 fully saturated rings. The van der Waals surface area contributed by atoms with Crippen molar-refractivity contribution >= 4 is 188 Å². The van der Waals surface area contributed by atoms with Crippen molar-refractivity contribution in [3.05, 3.63) is 153 Å². The van der Waals surface area contributed by atoms with Crippen LogP contribution in [0.3, 0.4) is 0 Å². The number of hydrogen-bond acceptors (Lipinski definition) is 30. The number of hydrogen-bond donors (Lipinski definition) is 4. The molecule has 32 nitrogen and oxygen atoms in total. The largest absolute Gasteiger partial charge is 0.510 e. The Bertz CT molecular complexity index is 4800. The first-order chi connectivity index (χ1) is 59.8. The van der Waals surface area contributed by atoms with Crippen LogP contribution >= 0.6 is 93.5 Å². The summed E-state index contributed by atoms with van der Waals surface area (Å²) in [6.07, 6.45) is -0.974. The van der Waals surface area contributed by atoms with Crippen molar-refractivity contribution < 1.29 is 130 Å². The molecule has 0 radical (unpaired) electrons. The van der Waals surface area contributed by atoms with Gasteiger partial charge >= 0.3 is 53.9 Å². The molecule has 0 aromatic heterocycles. The Morgan fingerprint density at radius 2 is 0.682 bits per heavy atom. The molecule has 8 aliphatic rings. The van der Waals surface area contributed by atoms with Gasteiger partial charge in [-0.25, -0.2) is 24.0 Å². The number of halogens is 4. The van der Waals surface area contributed by atoms with Crippen LogP contribution in [0, 0.1) is 17.8 Å². The summed E-state index contributed by atoms with van der Waals surface area (Å²) in [4.78, 5) is 197. The number of ketones is 3. The van der Waals surface area contributed by atoms with E-state index in [-0.39, 0.29) is 160 Å². The molecule has 5 N–H and O–H groups in total. The zero-order valence-corrected chi connectivity index (χ0v) is 81.3. The third kappa shape index (κ3) is 30.8. The van der Waals surface area contributed by atoms with Crippen LogP contribution in [0.15, 0.2) is 136 Å². The second-order valence-corrected chi connectivity index (χ2v) is 41.6. The number of aliphatic hydroxyl groups excluding tert-OH is 1. The molecule has 0 spiro atoms. The fraction of sp³-hybridized carbons (Fsp3) is 0.528. The van der Waals surface area contributed by atoms with Gasteiger partial charge in [-0.05, 0) is 105 Å². The number of ether oxygens (including phenoxy) is 8. The van der Waals surface area contributed by atoms with Gasteiger partial charge in [-0.15, -0.1) is 47.0 Å². The van der Waals surface area contributed by atoms with Crippen LogP contribution in [-0.4, -0.2) is 239 Å². The number of fused-ring (bicyclic) bond motifs is 4. The molecule has 129 heavy (non-hydrogen) atoms. The predicted molar refractivity (Wildman–Crippen MR) is 485 cm³/mol. The lowest BCUT2D eigenvalue weighted by Crippen LogP contribution is -2.68. The molecule has 11 rings (SSSR count). The summed E-state index contributed by atoms with van der Waals surface area (Å²) in [5.41, 5.74) is 5.94. The minimum absolute atomic E-state index is 0.00514. The quantitative estimate of drug-likeness (QED) is 0.0280. The highest BCUT2D eigenvalue weighted by atomic mass is 35.6. The topological polar surface area (TPSA) is 447 Å². The second-order valence-electron chi connectivity index (χ2n) is 34.5. The molecule has 706 valence electrons. The monoisotopic (exact) mass is 1950 g/mol. The summed E-state index contributed by atoms with van der Waals surface area (Å²) in [7, 11) is 0. The van der Waals surface area contributed by atoms with Gasteiger partial charge in [-0.1, -0.05) is 158 Å². The van der Waals surface area contributed by atoms with E-state index in [0.717, 1.165) is 16.7 Å². The molecule has 4 saturated heterocycles. The lowest BCUT2D eigenvalue weighted by molar-refractivity contribution is -0.161. The molecule has 8 heterocycles. The van der Waals surface area contributed by atoms with Crippen LogP contribution in [0.5, 0.6) is 0 Å². The second kappa shape index (κ2) is 46.9. The number of carboxylic acid groups (broad SMARTS) is 2. The number of Topliss-reactive ketones (excluding diaryl/α,β-unsaturated/α-hetero) is 3. The Kier molecular flexibility index (Phi) is 39.5. The van der Waals surface area contributed by atoms with E-state index in [4.69, 9.17) is 95.1 Å². The number of benzene rings is 3. The van der Waals surface area contributed by atoms with Crippen LogP contribution in [-0.2, 0) is 110 Å². The number of β-lactam (4-membered cyclic amide) rings is 4. The van der Waals surface area contributed by atoms with Crippen molar-refractivity contribution in [2.24, 2.45) is 23.5 Å². The molecule has 40 heteroatoms. The molecular weight excluding hydrogens is 1840 g/mol. The number of carbonyl (C=O) groups is 16. The zero-order valence-electron chi connectivity index (χ0n) is 75.0. The Labute approximate surface area is 786 Å². The first kappa shape index (κ1) is 109. The summed E-state index contributed by atoms with van der Waals surface area (Å²) < 4.78 is 38.0. The Morgan fingerprint density at radius 1 is 0.411 bits per heavy atom. The van der Waals surface area contributed by atoms with Gasteiger partial charge in [-0.2, -0.15) is 0 Å². The van der Waals surface area contributed by atoms with Gasteiger partial charge in [0, 0.05) is 104 Å². The number of aliphatic carboxylic acids is 2. The number of thioether (sulfide) groups is 4. The molecule has 8 aliphatic heterocycles. The van der Waals surface area contributed by atoms with Crippen LogP contribution in [0.1, 0.15) is 185 Å². The smallest absolute Gasteiger partial charge is 0.477 e. The van der Waals surface area contributed by atoms with E-state index in [1.54, 1.807) is 48.5 Å². The fourth-order valence-corrected chi connectivity index (χ4v) is 19.3. The van der Waals surface area contributed by atoms with E-state index in [1.165, 1.54) is 94.3 Å². The minimum atomic E-state index is -2.08. The Hall–Kier alpha value is -8.98.